The minimum atomic E-state index is -1.59. The summed E-state index contributed by atoms with van der Waals surface area (Å²) in [7, 11) is -1.59. The van der Waals surface area contributed by atoms with Crippen LogP contribution in [0.15, 0.2) is 24.3 Å². The van der Waals surface area contributed by atoms with Crippen molar-refractivity contribution in [2.24, 2.45) is 0 Å². The molecule has 0 saturated carbocycles. The van der Waals surface area contributed by atoms with Gasteiger partial charge in [0.15, 0.2) is 0 Å². The molecule has 0 bridgehead atoms. The maximum atomic E-state index is 14.1. The predicted molar refractivity (Wildman–Crippen MR) is 66.2 cm³/mol. The number of hydrogen-bond acceptors (Lipinski definition) is 0. The van der Waals surface area contributed by atoms with Gasteiger partial charge in [0.05, 0.1) is 5.52 Å². The molecule has 0 atom stereocenters. The van der Waals surface area contributed by atoms with Gasteiger partial charge in [0.2, 0.25) is 0 Å². The standard InChI is InChI=1S/C12H16FNSi/c1-9-5-6-10-8-12(15(2,3)4)14(13)11(10)7-9/h5-8H,1-4H3. The lowest BCUT2D eigenvalue weighted by Crippen LogP contribution is -2.40. The highest BCUT2D eigenvalue weighted by atomic mass is 28.3. The molecule has 2 aromatic rings. The zero-order valence-corrected chi connectivity index (χ0v) is 10.6. The summed E-state index contributed by atoms with van der Waals surface area (Å²) in [6.45, 7) is 8.46. The molecule has 1 aromatic heterocycles. The van der Waals surface area contributed by atoms with Crippen LogP contribution in [0.5, 0.6) is 0 Å². The molecule has 2 rings (SSSR count). The Kier molecular flexibility index (Phi) is 2.23. The molecule has 0 aliphatic carbocycles. The van der Waals surface area contributed by atoms with E-state index in [1.54, 1.807) is 0 Å². The number of halogens is 1. The maximum Gasteiger partial charge on any atom is 0.102 e. The Labute approximate surface area is 90.5 Å². The molecule has 0 spiro atoms. The van der Waals surface area contributed by atoms with Crippen LogP contribution in [0.1, 0.15) is 5.56 Å². The summed E-state index contributed by atoms with van der Waals surface area (Å²) in [5.41, 5.74) is 1.80. The zero-order chi connectivity index (χ0) is 11.2. The summed E-state index contributed by atoms with van der Waals surface area (Å²) in [6.07, 6.45) is 0. The third-order valence-corrected chi connectivity index (χ3v) is 4.55. The molecule has 3 heteroatoms. The largest absolute Gasteiger partial charge is 0.188 e. The van der Waals surface area contributed by atoms with Crippen molar-refractivity contribution in [3.8, 4) is 0 Å². The van der Waals surface area contributed by atoms with E-state index in [0.717, 1.165) is 21.1 Å². The van der Waals surface area contributed by atoms with Crippen LogP contribution in [0.3, 0.4) is 0 Å². The van der Waals surface area contributed by atoms with Gasteiger partial charge in [0, 0.05) is 10.7 Å². The van der Waals surface area contributed by atoms with Crippen LogP contribution in [0.2, 0.25) is 19.6 Å². The lowest BCUT2D eigenvalue weighted by Gasteiger charge is -2.14. The fraction of sp³-hybridized carbons (Fsp3) is 0.333. The number of aryl methyl sites for hydroxylation is 1. The molecule has 0 aliphatic heterocycles. The molecule has 0 N–H and O–H groups in total. The first-order valence-electron chi connectivity index (χ1n) is 5.18. The highest BCUT2D eigenvalue weighted by Gasteiger charge is 2.23. The molecule has 0 saturated heterocycles. The fourth-order valence-corrected chi connectivity index (χ4v) is 3.09. The van der Waals surface area contributed by atoms with Gasteiger partial charge in [-0.25, -0.2) is 0 Å². The van der Waals surface area contributed by atoms with Crippen molar-refractivity contribution < 1.29 is 4.48 Å². The number of nitrogens with zero attached hydrogens (tertiary/aromatic N) is 1. The Bertz CT molecular complexity index is 508. The van der Waals surface area contributed by atoms with E-state index in [1.807, 2.05) is 31.2 Å². The number of fused-ring (bicyclic) bond motifs is 1. The molecule has 0 radical (unpaired) electrons. The van der Waals surface area contributed by atoms with Crippen LogP contribution in [-0.4, -0.2) is 12.9 Å². The first-order chi connectivity index (χ1) is 6.89. The highest BCUT2D eigenvalue weighted by Crippen LogP contribution is 2.18. The number of rotatable bonds is 1. The van der Waals surface area contributed by atoms with Crippen molar-refractivity contribution in [2.45, 2.75) is 26.6 Å². The van der Waals surface area contributed by atoms with Crippen LogP contribution in [-0.2, 0) is 0 Å². The Balaban J connectivity index is 2.76. The second-order valence-corrected chi connectivity index (χ2v) is 10.1. The summed E-state index contributed by atoms with van der Waals surface area (Å²) in [5, 5.41) is 1.86. The maximum absolute atomic E-state index is 14.1. The smallest absolute Gasteiger partial charge is 0.102 e. The molecule has 0 fully saturated rings. The molecule has 1 heterocycles. The lowest BCUT2D eigenvalue weighted by molar-refractivity contribution is 0.399. The monoisotopic (exact) mass is 221 g/mol. The van der Waals surface area contributed by atoms with Gasteiger partial charge in [-0.2, -0.15) is 4.79 Å². The van der Waals surface area contributed by atoms with Crippen LogP contribution in [0.4, 0.5) is 4.48 Å². The average Bonchev–Trinajstić information content (AvgIpc) is 2.43. The van der Waals surface area contributed by atoms with Crippen molar-refractivity contribution >= 4 is 24.3 Å². The molecule has 0 amide bonds. The Hall–Kier alpha value is -1.09. The van der Waals surface area contributed by atoms with Crippen LogP contribution >= 0.6 is 0 Å². The van der Waals surface area contributed by atoms with Gasteiger partial charge in [-0.3, -0.25) is 0 Å². The minimum absolute atomic E-state index is 0.701. The quantitative estimate of drug-likeness (QED) is 0.652. The summed E-state index contributed by atoms with van der Waals surface area (Å²) < 4.78 is 14.1. The molecular formula is C12H16FNSi. The van der Waals surface area contributed by atoms with Gasteiger partial charge in [0.25, 0.3) is 0 Å². The van der Waals surface area contributed by atoms with E-state index >= 15 is 0 Å². The number of hydrogen-bond donors (Lipinski definition) is 0. The van der Waals surface area contributed by atoms with Gasteiger partial charge in [0.1, 0.15) is 8.07 Å². The first kappa shape index (κ1) is 10.4. The van der Waals surface area contributed by atoms with Crippen molar-refractivity contribution in [2.75, 3.05) is 0 Å². The first-order valence-corrected chi connectivity index (χ1v) is 8.68. The van der Waals surface area contributed by atoms with E-state index in [2.05, 4.69) is 19.6 Å². The van der Waals surface area contributed by atoms with Gasteiger partial charge in [-0.1, -0.05) is 36.3 Å². The molecule has 1 nitrogen and oxygen atoms in total. The number of aromatic nitrogens is 1. The van der Waals surface area contributed by atoms with Crippen molar-refractivity contribution in [1.29, 1.82) is 0 Å². The predicted octanol–water partition coefficient (Wildman–Crippen LogP) is 3.23. The van der Waals surface area contributed by atoms with E-state index < -0.39 is 8.07 Å². The van der Waals surface area contributed by atoms with Gasteiger partial charge in [-0.15, -0.1) is 0 Å². The SMILES string of the molecule is Cc1ccc2cc([Si](C)(C)C)n(F)c2c1. The summed E-state index contributed by atoms with van der Waals surface area (Å²) in [6, 6.07) is 7.90. The van der Waals surface area contributed by atoms with E-state index in [9.17, 15) is 4.48 Å². The van der Waals surface area contributed by atoms with E-state index in [0.29, 0.717) is 5.52 Å². The molecule has 0 aliphatic rings. The Morgan fingerprint density at radius 2 is 1.80 bits per heavy atom. The van der Waals surface area contributed by atoms with Crippen molar-refractivity contribution in [3.05, 3.63) is 29.8 Å². The average molecular weight is 221 g/mol. The van der Waals surface area contributed by atoms with Crippen molar-refractivity contribution in [1.82, 2.24) is 4.79 Å². The third kappa shape index (κ3) is 1.72. The minimum Gasteiger partial charge on any atom is -0.188 e. The third-order valence-electron chi connectivity index (χ3n) is 2.67. The van der Waals surface area contributed by atoms with Crippen molar-refractivity contribution in [3.63, 3.8) is 0 Å². The topological polar surface area (TPSA) is 4.93 Å². The molecule has 80 valence electrons. The van der Waals surface area contributed by atoms with E-state index in [1.165, 1.54) is 0 Å². The lowest BCUT2D eigenvalue weighted by atomic mass is 10.2. The molecule has 0 unspecified atom stereocenters. The highest BCUT2D eigenvalue weighted by molar-refractivity contribution is 6.88. The summed E-state index contributed by atoms with van der Waals surface area (Å²) >= 11 is 0. The van der Waals surface area contributed by atoms with E-state index in [4.69, 9.17) is 0 Å². The number of benzene rings is 1. The molecule has 1 aromatic carbocycles. The Morgan fingerprint density at radius 1 is 1.13 bits per heavy atom. The van der Waals surface area contributed by atoms with E-state index in [-0.39, 0.29) is 0 Å². The second-order valence-electron chi connectivity index (χ2n) is 5.12. The molecule has 15 heavy (non-hydrogen) atoms. The second kappa shape index (κ2) is 3.20. The Morgan fingerprint density at radius 3 is 2.40 bits per heavy atom. The molecular weight excluding hydrogens is 205 g/mol. The zero-order valence-electron chi connectivity index (χ0n) is 9.63. The van der Waals surface area contributed by atoms with Gasteiger partial charge in [-0.05, 0) is 24.6 Å². The van der Waals surface area contributed by atoms with Crippen LogP contribution in [0.25, 0.3) is 10.9 Å². The van der Waals surface area contributed by atoms with Crippen LogP contribution in [0, 0.1) is 6.92 Å². The normalized spacial score (nSPS) is 12.3. The van der Waals surface area contributed by atoms with Crippen LogP contribution < -0.4 is 5.32 Å². The summed E-state index contributed by atoms with van der Waals surface area (Å²) in [5.74, 6) is 0. The van der Waals surface area contributed by atoms with Gasteiger partial charge >= 0.3 is 0 Å². The van der Waals surface area contributed by atoms with Gasteiger partial charge < -0.3 is 0 Å². The fourth-order valence-electron chi connectivity index (χ4n) is 1.79. The summed E-state index contributed by atoms with van der Waals surface area (Å²) in [4.78, 5) is 0.870.